The zero-order chi connectivity index (χ0) is 58.5. The molecule has 0 saturated heterocycles. The molecule has 0 aliphatic carbocycles. The molecule has 0 saturated carbocycles. The van der Waals surface area contributed by atoms with Crippen molar-refractivity contribution in [3.63, 3.8) is 0 Å². The maximum atomic E-state index is 12.6. The third-order valence-corrected chi connectivity index (χ3v) is 18.2. The van der Waals surface area contributed by atoms with Gasteiger partial charge in [-0.2, -0.15) is 0 Å². The molecule has 0 rings (SSSR count). The Morgan fingerprint density at radius 2 is 0.506 bits per heavy atom. The Kier molecular flexibility index (Phi) is 70.3. The number of carbonyl (C=O) groups is 2. The number of amides is 1. The summed E-state index contributed by atoms with van der Waals surface area (Å²) in [4.78, 5) is 24.7. The van der Waals surface area contributed by atoms with Gasteiger partial charge in [-0.25, -0.2) is 0 Å². The number of unbranched alkanes of at least 4 members (excludes halogenated alkanes) is 61. The van der Waals surface area contributed by atoms with E-state index in [0.717, 1.165) is 38.5 Å². The summed E-state index contributed by atoms with van der Waals surface area (Å²) in [7, 11) is 0. The van der Waals surface area contributed by atoms with Gasteiger partial charge in [0.2, 0.25) is 5.91 Å². The zero-order valence-corrected chi connectivity index (χ0v) is 55.6. The molecule has 0 radical (unpaired) electrons. The van der Waals surface area contributed by atoms with E-state index < -0.39 is 12.1 Å². The van der Waals surface area contributed by atoms with Crippen LogP contribution in [0.5, 0.6) is 0 Å². The molecular weight excluding hydrogens is 995 g/mol. The molecule has 0 aromatic rings. The highest BCUT2D eigenvalue weighted by atomic mass is 16.5. The van der Waals surface area contributed by atoms with Crippen LogP contribution in [-0.4, -0.2) is 47.4 Å². The Labute approximate surface area is 508 Å². The summed E-state index contributed by atoms with van der Waals surface area (Å²) in [6.07, 6.45) is 87.4. The van der Waals surface area contributed by atoms with Gasteiger partial charge < -0.3 is 20.3 Å². The van der Waals surface area contributed by atoms with Crippen molar-refractivity contribution in [2.75, 3.05) is 13.2 Å². The molecule has 0 bridgehead atoms. The molecular formula is C75H149NO5. The van der Waals surface area contributed by atoms with Crippen LogP contribution >= 0.6 is 0 Å². The summed E-state index contributed by atoms with van der Waals surface area (Å²) in [5.41, 5.74) is 0. The van der Waals surface area contributed by atoms with Gasteiger partial charge in [0, 0.05) is 12.8 Å². The van der Waals surface area contributed by atoms with Crippen LogP contribution in [0.4, 0.5) is 0 Å². The quantitative estimate of drug-likeness (QED) is 0.0417. The van der Waals surface area contributed by atoms with Crippen molar-refractivity contribution >= 4 is 11.9 Å². The summed E-state index contributed by atoms with van der Waals surface area (Å²) in [5, 5.41) is 23.4. The van der Waals surface area contributed by atoms with Crippen molar-refractivity contribution in [1.29, 1.82) is 0 Å². The molecule has 81 heavy (non-hydrogen) atoms. The van der Waals surface area contributed by atoms with Crippen molar-refractivity contribution in [3.05, 3.63) is 0 Å². The van der Waals surface area contributed by atoms with E-state index in [2.05, 4.69) is 19.2 Å². The monoisotopic (exact) mass is 1140 g/mol. The summed E-state index contributed by atoms with van der Waals surface area (Å²) in [6, 6.07) is -0.540. The first-order valence-electron chi connectivity index (χ1n) is 37.8. The fraction of sp³-hybridized carbons (Fsp3) is 0.973. The largest absolute Gasteiger partial charge is 0.466 e. The first-order chi connectivity index (χ1) is 40.0. The average Bonchev–Trinajstić information content (AvgIpc) is 3.47. The van der Waals surface area contributed by atoms with Gasteiger partial charge in [0.1, 0.15) is 0 Å². The number of nitrogens with one attached hydrogen (secondary N) is 1. The molecule has 3 N–H and O–H groups in total. The molecule has 2 atom stereocenters. The van der Waals surface area contributed by atoms with Crippen LogP contribution < -0.4 is 5.32 Å². The van der Waals surface area contributed by atoms with Gasteiger partial charge in [0.15, 0.2) is 0 Å². The predicted octanol–water partition coefficient (Wildman–Crippen LogP) is 24.5. The molecule has 0 aromatic carbocycles. The van der Waals surface area contributed by atoms with Gasteiger partial charge in [-0.1, -0.05) is 406 Å². The lowest BCUT2D eigenvalue weighted by molar-refractivity contribution is -0.143. The van der Waals surface area contributed by atoms with Gasteiger partial charge in [0.05, 0.1) is 25.4 Å². The standard InChI is InChI=1S/C75H149NO5/c1-3-5-7-9-11-13-15-17-19-21-23-32-35-39-43-47-51-55-59-63-67-73(78)72(71-77)76-74(79)68-64-60-56-52-48-44-40-36-33-30-28-26-24-25-27-29-31-34-38-42-46-50-54-58-62-66-70-81-75(80)69-65-61-57-53-49-45-41-37-22-20-18-16-14-12-10-8-6-4-2/h72-73,77-78H,3-71H2,1-2H3,(H,76,79). The van der Waals surface area contributed by atoms with E-state index in [1.807, 2.05) is 0 Å². The molecule has 1 amide bonds. The zero-order valence-electron chi connectivity index (χ0n) is 55.6. The molecule has 0 fully saturated rings. The van der Waals surface area contributed by atoms with Gasteiger partial charge in [-0.05, 0) is 25.7 Å². The second kappa shape index (κ2) is 71.3. The Morgan fingerprint density at radius 3 is 0.753 bits per heavy atom. The van der Waals surface area contributed by atoms with Crippen LogP contribution in [0.25, 0.3) is 0 Å². The van der Waals surface area contributed by atoms with Crippen molar-refractivity contribution in [1.82, 2.24) is 5.32 Å². The van der Waals surface area contributed by atoms with Crippen molar-refractivity contribution in [2.24, 2.45) is 0 Å². The minimum Gasteiger partial charge on any atom is -0.466 e. The smallest absolute Gasteiger partial charge is 0.305 e. The normalized spacial score (nSPS) is 12.4. The fourth-order valence-corrected chi connectivity index (χ4v) is 12.4. The maximum absolute atomic E-state index is 12.6. The van der Waals surface area contributed by atoms with E-state index in [4.69, 9.17) is 4.74 Å². The van der Waals surface area contributed by atoms with E-state index in [9.17, 15) is 19.8 Å². The van der Waals surface area contributed by atoms with E-state index in [0.29, 0.717) is 25.9 Å². The summed E-state index contributed by atoms with van der Waals surface area (Å²) in [6.45, 7) is 5.02. The van der Waals surface area contributed by atoms with Gasteiger partial charge in [0.25, 0.3) is 0 Å². The Balaban J connectivity index is 3.33. The molecule has 2 unspecified atom stereocenters. The van der Waals surface area contributed by atoms with E-state index >= 15 is 0 Å². The first-order valence-corrected chi connectivity index (χ1v) is 37.8. The lowest BCUT2D eigenvalue weighted by atomic mass is 10.0. The van der Waals surface area contributed by atoms with Crippen LogP contribution in [0.2, 0.25) is 0 Å². The minimum absolute atomic E-state index is 0.0233. The average molecular weight is 1150 g/mol. The van der Waals surface area contributed by atoms with Crippen LogP contribution in [0, 0.1) is 0 Å². The minimum atomic E-state index is -0.663. The van der Waals surface area contributed by atoms with Gasteiger partial charge in [-0.3, -0.25) is 9.59 Å². The van der Waals surface area contributed by atoms with Crippen LogP contribution in [-0.2, 0) is 14.3 Å². The highest BCUT2D eigenvalue weighted by Crippen LogP contribution is 2.20. The van der Waals surface area contributed by atoms with E-state index in [1.165, 1.54) is 372 Å². The van der Waals surface area contributed by atoms with Crippen LogP contribution in [0.15, 0.2) is 0 Å². The first kappa shape index (κ1) is 79.9. The predicted molar refractivity (Wildman–Crippen MR) is 357 cm³/mol. The highest BCUT2D eigenvalue weighted by Gasteiger charge is 2.20. The molecule has 0 spiro atoms. The lowest BCUT2D eigenvalue weighted by Crippen LogP contribution is -2.45. The van der Waals surface area contributed by atoms with Gasteiger partial charge >= 0.3 is 5.97 Å². The summed E-state index contributed by atoms with van der Waals surface area (Å²) < 4.78 is 5.52. The fourth-order valence-electron chi connectivity index (χ4n) is 12.4. The Hall–Kier alpha value is -1.14. The molecule has 0 aliphatic heterocycles. The molecule has 6 heteroatoms. The third-order valence-electron chi connectivity index (χ3n) is 18.2. The number of hydrogen-bond acceptors (Lipinski definition) is 5. The molecule has 0 heterocycles. The van der Waals surface area contributed by atoms with Crippen molar-refractivity contribution < 1.29 is 24.5 Å². The topological polar surface area (TPSA) is 95.9 Å². The second-order valence-electron chi connectivity index (χ2n) is 26.4. The van der Waals surface area contributed by atoms with Crippen LogP contribution in [0.3, 0.4) is 0 Å². The van der Waals surface area contributed by atoms with E-state index in [-0.39, 0.29) is 18.5 Å². The highest BCUT2D eigenvalue weighted by molar-refractivity contribution is 5.76. The molecule has 0 aromatic heterocycles. The lowest BCUT2D eigenvalue weighted by Gasteiger charge is -2.22. The third kappa shape index (κ3) is 67.9. The van der Waals surface area contributed by atoms with Crippen molar-refractivity contribution in [2.45, 2.75) is 456 Å². The molecule has 0 aliphatic rings. The second-order valence-corrected chi connectivity index (χ2v) is 26.4. The number of hydrogen-bond donors (Lipinski definition) is 3. The molecule has 6 nitrogen and oxygen atoms in total. The Morgan fingerprint density at radius 1 is 0.296 bits per heavy atom. The number of aliphatic hydroxyl groups is 2. The number of ether oxygens (including phenoxy) is 1. The number of aliphatic hydroxyl groups excluding tert-OH is 2. The van der Waals surface area contributed by atoms with E-state index in [1.54, 1.807) is 0 Å². The number of rotatable bonds is 72. The SMILES string of the molecule is CCCCCCCCCCCCCCCCCCCCCCC(O)C(CO)NC(=O)CCCCCCCCCCCCCCCCCCCCCCCCCCCCOC(=O)CCCCCCCCCCCCCCCCCCCC. The number of carbonyl (C=O) groups excluding carboxylic acids is 2. The summed E-state index contributed by atoms with van der Waals surface area (Å²) >= 11 is 0. The summed E-state index contributed by atoms with van der Waals surface area (Å²) in [5.74, 6) is -0.00374. The maximum Gasteiger partial charge on any atom is 0.305 e. The van der Waals surface area contributed by atoms with Gasteiger partial charge in [-0.15, -0.1) is 0 Å². The molecule has 484 valence electrons. The van der Waals surface area contributed by atoms with Crippen LogP contribution in [0.1, 0.15) is 444 Å². The number of esters is 1. The Bertz CT molecular complexity index is 1180. The van der Waals surface area contributed by atoms with Crippen molar-refractivity contribution in [3.8, 4) is 0 Å².